The van der Waals surface area contributed by atoms with E-state index in [0.29, 0.717) is 10.7 Å². The maximum Gasteiger partial charge on any atom is 0.358 e. The molecule has 1 aromatic carbocycles. The topological polar surface area (TPSA) is 39.2 Å². The van der Waals surface area contributed by atoms with Crippen molar-refractivity contribution in [2.75, 3.05) is 7.11 Å². The summed E-state index contributed by atoms with van der Waals surface area (Å²) in [5, 5.41) is 0.833. The van der Waals surface area contributed by atoms with Crippen molar-refractivity contribution in [3.63, 3.8) is 0 Å². The van der Waals surface area contributed by atoms with Crippen LogP contribution >= 0.6 is 23.2 Å². The third-order valence-corrected chi connectivity index (χ3v) is 3.70. The fourth-order valence-corrected chi connectivity index (χ4v) is 2.31. The van der Waals surface area contributed by atoms with E-state index >= 15 is 0 Å². The van der Waals surface area contributed by atoms with Gasteiger partial charge in [-0.2, -0.15) is 0 Å². The summed E-state index contributed by atoms with van der Waals surface area (Å²) in [7, 11) is 1.29. The van der Waals surface area contributed by atoms with Crippen LogP contribution < -0.4 is 0 Å². The Balaban J connectivity index is 2.59. The molecule has 0 amide bonds. The molecule has 0 aliphatic carbocycles. The minimum Gasteiger partial charge on any atom is -0.464 e. The Bertz CT molecular complexity index is 684. The Morgan fingerprint density at radius 3 is 2.40 bits per heavy atom. The lowest BCUT2D eigenvalue weighted by Gasteiger charge is -2.09. The minimum absolute atomic E-state index is 0.0842. The van der Waals surface area contributed by atoms with Gasteiger partial charge in [0.25, 0.3) is 0 Å². The fraction of sp³-hybridized carbons (Fsp3) is 0.200. The van der Waals surface area contributed by atoms with Crippen LogP contribution in [0.2, 0.25) is 10.0 Å². The number of halogens is 2. The first-order chi connectivity index (χ1) is 9.43. The maximum absolute atomic E-state index is 11.6. The smallest absolute Gasteiger partial charge is 0.358 e. The highest BCUT2D eigenvalue weighted by Crippen LogP contribution is 2.30. The normalized spacial score (nSPS) is 10.4. The Labute approximate surface area is 127 Å². The van der Waals surface area contributed by atoms with Crippen LogP contribution in [0, 0.1) is 13.8 Å². The number of hydrogen-bond acceptors (Lipinski definition) is 3. The second kappa shape index (κ2) is 5.81. The second-order valence-electron chi connectivity index (χ2n) is 4.43. The van der Waals surface area contributed by atoms with E-state index in [1.54, 1.807) is 12.1 Å². The van der Waals surface area contributed by atoms with E-state index in [0.717, 1.165) is 16.7 Å². The van der Waals surface area contributed by atoms with Crippen molar-refractivity contribution in [3.8, 4) is 11.3 Å². The largest absolute Gasteiger partial charge is 0.464 e. The van der Waals surface area contributed by atoms with Crippen molar-refractivity contribution in [2.45, 2.75) is 13.8 Å². The molecule has 104 valence electrons. The van der Waals surface area contributed by atoms with Crippen molar-refractivity contribution in [2.24, 2.45) is 0 Å². The molecule has 2 aromatic rings. The van der Waals surface area contributed by atoms with Crippen LogP contribution in [0.3, 0.4) is 0 Å². The lowest BCUT2D eigenvalue weighted by molar-refractivity contribution is 0.0594. The van der Waals surface area contributed by atoms with Crippen LogP contribution in [0.25, 0.3) is 11.3 Å². The molecule has 0 N–H and O–H groups in total. The Hall–Kier alpha value is -1.58. The maximum atomic E-state index is 11.6. The molecule has 0 spiro atoms. The van der Waals surface area contributed by atoms with E-state index in [4.69, 9.17) is 23.2 Å². The number of ether oxygens (including phenoxy) is 1. The quantitative estimate of drug-likeness (QED) is 0.769. The van der Waals surface area contributed by atoms with Gasteiger partial charge in [0.05, 0.1) is 22.8 Å². The van der Waals surface area contributed by atoms with Crippen molar-refractivity contribution in [3.05, 3.63) is 51.1 Å². The van der Waals surface area contributed by atoms with Crippen LogP contribution in [0.1, 0.15) is 21.6 Å². The Morgan fingerprint density at radius 1 is 1.10 bits per heavy atom. The standard InChI is InChI=1S/C15H13Cl2NO2/c1-8-6-10(12(17)7-9(8)2)13-5-4-11(16)14(18-13)15(19)20-3/h4-7H,1-3H3. The number of carbonyl (C=O) groups excluding carboxylic acids is 1. The summed E-state index contributed by atoms with van der Waals surface area (Å²) in [4.78, 5) is 15.9. The minimum atomic E-state index is -0.572. The number of hydrogen-bond donors (Lipinski definition) is 0. The molecule has 1 aromatic heterocycles. The summed E-state index contributed by atoms with van der Waals surface area (Å²) in [5.74, 6) is -0.572. The van der Waals surface area contributed by atoms with Crippen LogP contribution in [0.15, 0.2) is 24.3 Å². The summed E-state index contributed by atoms with van der Waals surface area (Å²) in [5.41, 5.74) is 3.63. The van der Waals surface area contributed by atoms with Crippen LogP contribution in [-0.2, 0) is 4.74 Å². The zero-order valence-electron chi connectivity index (χ0n) is 11.3. The second-order valence-corrected chi connectivity index (χ2v) is 5.25. The molecule has 0 saturated heterocycles. The van der Waals surface area contributed by atoms with Gasteiger partial charge < -0.3 is 4.74 Å². The van der Waals surface area contributed by atoms with Gasteiger partial charge in [0.15, 0.2) is 5.69 Å². The Kier molecular flexibility index (Phi) is 4.31. The molecule has 20 heavy (non-hydrogen) atoms. The predicted octanol–water partition coefficient (Wildman–Crippen LogP) is 4.46. The zero-order chi connectivity index (χ0) is 14.9. The first kappa shape index (κ1) is 14.8. The van der Waals surface area contributed by atoms with Crippen molar-refractivity contribution < 1.29 is 9.53 Å². The molecule has 2 rings (SSSR count). The molecule has 0 bridgehead atoms. The predicted molar refractivity (Wildman–Crippen MR) is 80.5 cm³/mol. The van der Waals surface area contributed by atoms with Crippen molar-refractivity contribution in [1.82, 2.24) is 4.98 Å². The van der Waals surface area contributed by atoms with E-state index in [2.05, 4.69) is 9.72 Å². The number of rotatable bonds is 2. The molecule has 0 aliphatic heterocycles. The van der Waals surface area contributed by atoms with Crippen molar-refractivity contribution >= 4 is 29.2 Å². The number of esters is 1. The molecule has 5 heteroatoms. The van der Waals surface area contributed by atoms with Crippen LogP contribution in [0.4, 0.5) is 0 Å². The average molecular weight is 310 g/mol. The first-order valence-electron chi connectivity index (χ1n) is 5.96. The summed E-state index contributed by atoms with van der Waals surface area (Å²) < 4.78 is 4.66. The van der Waals surface area contributed by atoms with Gasteiger partial charge in [-0.25, -0.2) is 9.78 Å². The zero-order valence-corrected chi connectivity index (χ0v) is 12.8. The van der Waals surface area contributed by atoms with Gasteiger partial charge in [0, 0.05) is 5.56 Å². The number of methoxy groups -OCH3 is 1. The van der Waals surface area contributed by atoms with Crippen molar-refractivity contribution in [1.29, 1.82) is 0 Å². The number of pyridine rings is 1. The van der Waals surface area contributed by atoms with Gasteiger partial charge in [0.1, 0.15) is 0 Å². The molecule has 3 nitrogen and oxygen atoms in total. The van der Waals surface area contributed by atoms with Crippen LogP contribution in [0.5, 0.6) is 0 Å². The molecule has 1 heterocycles. The molecule has 0 unspecified atom stereocenters. The number of aryl methyl sites for hydroxylation is 2. The molecule has 0 aliphatic rings. The Morgan fingerprint density at radius 2 is 1.75 bits per heavy atom. The van der Waals surface area contributed by atoms with E-state index in [1.165, 1.54) is 7.11 Å². The van der Waals surface area contributed by atoms with Gasteiger partial charge in [-0.3, -0.25) is 0 Å². The van der Waals surface area contributed by atoms with Gasteiger partial charge in [-0.05, 0) is 49.2 Å². The molecular weight excluding hydrogens is 297 g/mol. The molecule has 0 saturated carbocycles. The third kappa shape index (κ3) is 2.79. The molecule has 0 atom stereocenters. The monoisotopic (exact) mass is 309 g/mol. The fourth-order valence-electron chi connectivity index (χ4n) is 1.81. The number of aromatic nitrogens is 1. The molecule has 0 fully saturated rings. The third-order valence-electron chi connectivity index (χ3n) is 3.08. The average Bonchev–Trinajstić information content (AvgIpc) is 2.43. The highest BCUT2D eigenvalue weighted by molar-refractivity contribution is 6.34. The lowest BCUT2D eigenvalue weighted by Crippen LogP contribution is -2.06. The van der Waals surface area contributed by atoms with E-state index in [-0.39, 0.29) is 10.7 Å². The van der Waals surface area contributed by atoms with E-state index in [1.807, 2.05) is 26.0 Å². The molecule has 0 radical (unpaired) electrons. The van der Waals surface area contributed by atoms with Gasteiger partial charge >= 0.3 is 5.97 Å². The highest BCUT2D eigenvalue weighted by Gasteiger charge is 2.15. The number of carbonyl (C=O) groups is 1. The van der Waals surface area contributed by atoms with Gasteiger partial charge in [-0.1, -0.05) is 23.2 Å². The summed E-state index contributed by atoms with van der Waals surface area (Å²) >= 11 is 12.2. The van der Waals surface area contributed by atoms with E-state index < -0.39 is 5.97 Å². The SMILES string of the molecule is COC(=O)c1nc(-c2cc(C)c(C)cc2Cl)ccc1Cl. The van der Waals surface area contributed by atoms with Crippen LogP contribution in [-0.4, -0.2) is 18.1 Å². The number of nitrogens with zero attached hydrogens (tertiary/aromatic N) is 1. The van der Waals surface area contributed by atoms with Gasteiger partial charge in [0.2, 0.25) is 0 Å². The first-order valence-corrected chi connectivity index (χ1v) is 6.71. The summed E-state index contributed by atoms with van der Waals surface area (Å²) in [6.07, 6.45) is 0. The lowest BCUT2D eigenvalue weighted by atomic mass is 10.0. The summed E-state index contributed by atoms with van der Waals surface area (Å²) in [6.45, 7) is 3.98. The summed E-state index contributed by atoms with van der Waals surface area (Å²) in [6, 6.07) is 7.15. The highest BCUT2D eigenvalue weighted by atomic mass is 35.5. The van der Waals surface area contributed by atoms with Gasteiger partial charge in [-0.15, -0.1) is 0 Å². The number of benzene rings is 1. The van der Waals surface area contributed by atoms with E-state index in [9.17, 15) is 4.79 Å². The molecular formula is C15H13Cl2NO2.